The molecule has 0 saturated heterocycles. The van der Waals surface area contributed by atoms with E-state index in [4.69, 9.17) is 5.11 Å². The molecule has 0 rings (SSSR count). The first-order valence-electron chi connectivity index (χ1n) is 3.84. The van der Waals surface area contributed by atoms with Crippen LogP contribution in [0.1, 0.15) is 39.5 Å². The van der Waals surface area contributed by atoms with E-state index in [1.54, 1.807) is 0 Å². The normalized spacial score (nSPS) is 13.1. The zero-order chi connectivity index (χ0) is 7.98. The second kappa shape index (κ2) is 5.42. The first-order valence-corrected chi connectivity index (χ1v) is 3.84. The maximum Gasteiger partial charge on any atom is 0.132 e. The number of aliphatic hydroxyl groups excluding tert-OH is 1. The highest BCUT2D eigenvalue weighted by atomic mass is 16.3. The molecule has 2 nitrogen and oxygen atoms in total. The van der Waals surface area contributed by atoms with Crippen LogP contribution in [-0.2, 0) is 4.79 Å². The number of rotatable bonds is 5. The van der Waals surface area contributed by atoms with Gasteiger partial charge in [0.2, 0.25) is 0 Å². The van der Waals surface area contributed by atoms with Crippen LogP contribution in [0.15, 0.2) is 0 Å². The Kier molecular flexibility index (Phi) is 5.22. The maximum atomic E-state index is 10.5. The predicted molar refractivity (Wildman–Crippen MR) is 40.8 cm³/mol. The fraction of sp³-hybridized carbons (Fsp3) is 0.875. The molecule has 0 aromatic carbocycles. The average molecular weight is 144 g/mol. The summed E-state index contributed by atoms with van der Waals surface area (Å²) in [5, 5.41) is 9.13. The molecule has 60 valence electrons. The summed E-state index contributed by atoms with van der Waals surface area (Å²) in [4.78, 5) is 10.5. The van der Waals surface area contributed by atoms with Gasteiger partial charge in [0, 0.05) is 6.42 Å². The molecule has 0 heterocycles. The fourth-order valence-corrected chi connectivity index (χ4v) is 0.874. The number of hydrogen-bond donors (Lipinski definition) is 1. The van der Waals surface area contributed by atoms with Crippen LogP contribution in [0.25, 0.3) is 0 Å². The van der Waals surface area contributed by atoms with Crippen LogP contribution in [0.2, 0.25) is 0 Å². The van der Waals surface area contributed by atoms with E-state index in [1.807, 2.05) is 0 Å². The zero-order valence-corrected chi connectivity index (χ0v) is 6.76. The molecule has 1 unspecified atom stereocenters. The molecule has 0 bridgehead atoms. The molecule has 0 aliphatic heterocycles. The molecule has 0 saturated carbocycles. The first-order chi connectivity index (χ1) is 4.66. The minimum atomic E-state index is -0.405. The van der Waals surface area contributed by atoms with Crippen molar-refractivity contribution in [3.05, 3.63) is 0 Å². The molecule has 1 N–H and O–H groups in total. The topological polar surface area (TPSA) is 37.3 Å². The van der Waals surface area contributed by atoms with Crippen molar-refractivity contribution in [2.75, 3.05) is 0 Å². The molecule has 0 aromatic heterocycles. The summed E-state index contributed by atoms with van der Waals surface area (Å²) >= 11 is 0. The van der Waals surface area contributed by atoms with Crippen LogP contribution in [-0.4, -0.2) is 17.0 Å². The van der Waals surface area contributed by atoms with Crippen molar-refractivity contribution in [3.8, 4) is 0 Å². The standard InChI is InChI=1S/C8H16O2/c1-3-4-5-8(10)6-7(2)9/h8,10H,3-6H2,1-2H3. The molecule has 0 amide bonds. The number of ketones is 1. The van der Waals surface area contributed by atoms with Crippen molar-refractivity contribution in [2.45, 2.75) is 45.6 Å². The Bertz CT molecular complexity index is 99.4. The summed E-state index contributed by atoms with van der Waals surface area (Å²) in [5.41, 5.74) is 0. The van der Waals surface area contributed by atoms with Gasteiger partial charge in [0.25, 0.3) is 0 Å². The third kappa shape index (κ3) is 5.76. The highest BCUT2D eigenvalue weighted by molar-refractivity contribution is 5.75. The van der Waals surface area contributed by atoms with E-state index in [0.29, 0.717) is 6.42 Å². The number of carbonyl (C=O) groups excluding carboxylic acids is 1. The van der Waals surface area contributed by atoms with Gasteiger partial charge in [-0.25, -0.2) is 0 Å². The minimum Gasteiger partial charge on any atom is -0.393 e. The number of carbonyl (C=O) groups is 1. The van der Waals surface area contributed by atoms with Crippen molar-refractivity contribution in [1.29, 1.82) is 0 Å². The Morgan fingerprint density at radius 3 is 2.60 bits per heavy atom. The summed E-state index contributed by atoms with van der Waals surface area (Å²) in [6.45, 7) is 3.58. The monoisotopic (exact) mass is 144 g/mol. The van der Waals surface area contributed by atoms with Gasteiger partial charge in [-0.1, -0.05) is 19.8 Å². The van der Waals surface area contributed by atoms with E-state index in [-0.39, 0.29) is 5.78 Å². The lowest BCUT2D eigenvalue weighted by Gasteiger charge is -2.05. The van der Waals surface area contributed by atoms with Crippen molar-refractivity contribution >= 4 is 5.78 Å². The summed E-state index contributed by atoms with van der Waals surface area (Å²) < 4.78 is 0. The summed E-state index contributed by atoms with van der Waals surface area (Å²) in [6.07, 6.45) is 2.76. The van der Waals surface area contributed by atoms with E-state index in [0.717, 1.165) is 19.3 Å². The van der Waals surface area contributed by atoms with Crippen LogP contribution in [0, 0.1) is 0 Å². The van der Waals surface area contributed by atoms with E-state index in [9.17, 15) is 4.79 Å². The summed E-state index contributed by atoms with van der Waals surface area (Å²) in [5.74, 6) is 0.0728. The second-order valence-electron chi connectivity index (χ2n) is 2.70. The lowest BCUT2D eigenvalue weighted by atomic mass is 10.1. The van der Waals surface area contributed by atoms with Gasteiger partial charge >= 0.3 is 0 Å². The van der Waals surface area contributed by atoms with Gasteiger partial charge in [0.1, 0.15) is 5.78 Å². The van der Waals surface area contributed by atoms with Crippen LogP contribution in [0.3, 0.4) is 0 Å². The van der Waals surface area contributed by atoms with E-state index in [1.165, 1.54) is 6.92 Å². The molecule has 0 aliphatic carbocycles. The molecule has 0 radical (unpaired) electrons. The fourth-order valence-electron chi connectivity index (χ4n) is 0.874. The van der Waals surface area contributed by atoms with Gasteiger partial charge in [-0.2, -0.15) is 0 Å². The van der Waals surface area contributed by atoms with Gasteiger partial charge in [-0.3, -0.25) is 4.79 Å². The largest absolute Gasteiger partial charge is 0.393 e. The second-order valence-corrected chi connectivity index (χ2v) is 2.70. The number of Topliss-reactive ketones (excluding diaryl/α,β-unsaturated/α-hetero) is 1. The van der Waals surface area contributed by atoms with Gasteiger partial charge in [-0.05, 0) is 13.3 Å². The van der Waals surface area contributed by atoms with Crippen molar-refractivity contribution < 1.29 is 9.90 Å². The highest BCUT2D eigenvalue weighted by Crippen LogP contribution is 2.03. The van der Waals surface area contributed by atoms with Gasteiger partial charge in [-0.15, -0.1) is 0 Å². The number of unbranched alkanes of at least 4 members (excludes halogenated alkanes) is 1. The molecule has 1 atom stereocenters. The molecular formula is C8H16O2. The van der Waals surface area contributed by atoms with Crippen molar-refractivity contribution in [2.24, 2.45) is 0 Å². The average Bonchev–Trinajstić information content (AvgIpc) is 1.82. The van der Waals surface area contributed by atoms with Crippen LogP contribution >= 0.6 is 0 Å². The van der Waals surface area contributed by atoms with E-state index >= 15 is 0 Å². The predicted octanol–water partition coefficient (Wildman–Crippen LogP) is 1.52. The molecule has 0 fully saturated rings. The van der Waals surface area contributed by atoms with Crippen molar-refractivity contribution in [1.82, 2.24) is 0 Å². The molecule has 0 aromatic rings. The SMILES string of the molecule is CCCCC(O)CC(C)=O. The minimum absolute atomic E-state index is 0.0728. The number of aliphatic hydroxyl groups is 1. The molecular weight excluding hydrogens is 128 g/mol. The molecule has 0 spiro atoms. The Morgan fingerprint density at radius 1 is 1.60 bits per heavy atom. The van der Waals surface area contributed by atoms with Crippen molar-refractivity contribution in [3.63, 3.8) is 0 Å². The number of hydrogen-bond acceptors (Lipinski definition) is 2. The van der Waals surface area contributed by atoms with E-state index < -0.39 is 6.10 Å². The van der Waals surface area contributed by atoms with Crippen LogP contribution in [0.5, 0.6) is 0 Å². The van der Waals surface area contributed by atoms with Gasteiger partial charge < -0.3 is 5.11 Å². The molecule has 0 aliphatic rings. The van der Waals surface area contributed by atoms with Crippen LogP contribution in [0.4, 0.5) is 0 Å². The zero-order valence-electron chi connectivity index (χ0n) is 6.76. The van der Waals surface area contributed by atoms with E-state index in [2.05, 4.69) is 6.92 Å². The van der Waals surface area contributed by atoms with Gasteiger partial charge in [0.15, 0.2) is 0 Å². The summed E-state index contributed by atoms with van der Waals surface area (Å²) in [6, 6.07) is 0. The molecule has 2 heteroatoms. The highest BCUT2D eigenvalue weighted by Gasteiger charge is 2.05. The smallest absolute Gasteiger partial charge is 0.132 e. The maximum absolute atomic E-state index is 10.5. The molecule has 10 heavy (non-hydrogen) atoms. The third-order valence-corrected chi connectivity index (χ3v) is 1.41. The lowest BCUT2D eigenvalue weighted by molar-refractivity contribution is -0.118. The quantitative estimate of drug-likeness (QED) is 0.635. The Labute approximate surface area is 62.2 Å². The Balaban J connectivity index is 3.25. The lowest BCUT2D eigenvalue weighted by Crippen LogP contribution is -2.10. The Hall–Kier alpha value is -0.370. The Morgan fingerprint density at radius 2 is 2.20 bits per heavy atom. The summed E-state index contributed by atoms with van der Waals surface area (Å²) in [7, 11) is 0. The van der Waals surface area contributed by atoms with Crippen LogP contribution < -0.4 is 0 Å². The third-order valence-electron chi connectivity index (χ3n) is 1.41. The first kappa shape index (κ1) is 9.63. The van der Waals surface area contributed by atoms with Gasteiger partial charge in [0.05, 0.1) is 6.10 Å².